The average Bonchev–Trinajstić information content (AvgIpc) is 2.98. The lowest BCUT2D eigenvalue weighted by atomic mass is 9.48. The first-order valence-electron chi connectivity index (χ1n) is 11.4. The Bertz CT molecular complexity index is 936. The molecule has 0 saturated heterocycles. The molecule has 0 bridgehead atoms. The number of aliphatic hydroxyl groups is 1. The topological polar surface area (TPSA) is 60.8 Å². The Balaban J connectivity index is 1.49. The van der Waals surface area contributed by atoms with Crippen molar-refractivity contribution >= 4 is 12.0 Å². The number of hydrogen-bond donors (Lipinski definition) is 2. The van der Waals surface area contributed by atoms with Crippen molar-refractivity contribution in [3.8, 4) is 5.75 Å². The molecule has 3 fully saturated rings. The summed E-state index contributed by atoms with van der Waals surface area (Å²) in [7, 11) is 1.95. The number of nitrogens with zero attached hydrogens (tertiary/aromatic N) is 1. The number of likely N-dealkylation sites (N-methyl/N-ethyl adjacent to an activating group) is 1. The summed E-state index contributed by atoms with van der Waals surface area (Å²) in [4.78, 5) is 14.2. The number of carbonyl (C=O) groups excluding carboxylic acids is 1. The van der Waals surface area contributed by atoms with Gasteiger partial charge in [0.05, 0.1) is 6.10 Å². The number of phenols is 1. The third-order valence-electron chi connectivity index (χ3n) is 9.27. The number of fused-ring (bicyclic) bond motifs is 5. The molecular weight excluding hydrogens is 374 g/mol. The largest absolute Gasteiger partial charge is 0.507 e. The van der Waals surface area contributed by atoms with Gasteiger partial charge in [0.15, 0.2) is 0 Å². The number of aliphatic hydroxyl groups excluding tert-OH is 1. The van der Waals surface area contributed by atoms with Gasteiger partial charge >= 0.3 is 0 Å². The summed E-state index contributed by atoms with van der Waals surface area (Å²) in [5.74, 6) is 1.93. The second-order valence-electron chi connectivity index (χ2n) is 10.5. The Morgan fingerprint density at radius 3 is 2.67 bits per heavy atom. The zero-order valence-electron chi connectivity index (χ0n) is 18.2. The van der Waals surface area contributed by atoms with Crippen LogP contribution in [0.3, 0.4) is 0 Å². The molecule has 0 unspecified atom stereocenters. The van der Waals surface area contributed by atoms with E-state index in [0.29, 0.717) is 17.8 Å². The fourth-order valence-corrected chi connectivity index (χ4v) is 7.55. The molecule has 5 rings (SSSR count). The number of carbonyl (C=O) groups is 1. The van der Waals surface area contributed by atoms with Crippen molar-refractivity contribution in [1.82, 2.24) is 4.90 Å². The van der Waals surface area contributed by atoms with Crippen LogP contribution in [-0.2, 0) is 4.79 Å². The molecule has 4 aliphatic rings. The lowest BCUT2D eigenvalue weighted by Crippen LogP contribution is -2.59. The van der Waals surface area contributed by atoms with Crippen LogP contribution in [-0.4, -0.2) is 40.2 Å². The van der Waals surface area contributed by atoms with Gasteiger partial charge < -0.3 is 15.1 Å². The van der Waals surface area contributed by atoms with E-state index in [9.17, 15) is 15.0 Å². The first-order valence-corrected chi connectivity index (χ1v) is 11.4. The van der Waals surface area contributed by atoms with Crippen LogP contribution >= 0.6 is 0 Å². The summed E-state index contributed by atoms with van der Waals surface area (Å²) in [6.45, 7) is 4.62. The van der Waals surface area contributed by atoms with Crippen molar-refractivity contribution in [2.24, 2.45) is 28.6 Å². The van der Waals surface area contributed by atoms with E-state index in [4.69, 9.17) is 0 Å². The SMILES string of the molecule is CN1C(=O)C=C[C@]2(C)[C@H]3CC[C@]4(C)[C@@H](O)/C(=C/c5ccccc5O)C[C@H]4[C@@H]3CC[C@@H]12. The molecule has 4 nitrogen and oxygen atoms in total. The minimum Gasteiger partial charge on any atom is -0.507 e. The minimum absolute atomic E-state index is 0.0159. The summed E-state index contributed by atoms with van der Waals surface area (Å²) in [6.07, 6.45) is 10.7. The first-order chi connectivity index (χ1) is 14.3. The molecule has 1 aliphatic heterocycles. The van der Waals surface area contributed by atoms with E-state index in [-0.39, 0.29) is 28.5 Å². The highest BCUT2D eigenvalue weighted by molar-refractivity contribution is 5.89. The highest BCUT2D eigenvalue weighted by Crippen LogP contribution is 2.65. The minimum atomic E-state index is -0.459. The van der Waals surface area contributed by atoms with Gasteiger partial charge in [-0.25, -0.2) is 0 Å². The quantitative estimate of drug-likeness (QED) is 0.726. The maximum Gasteiger partial charge on any atom is 0.246 e. The lowest BCUT2D eigenvalue weighted by Gasteiger charge is -2.59. The van der Waals surface area contributed by atoms with E-state index >= 15 is 0 Å². The van der Waals surface area contributed by atoms with Crippen molar-refractivity contribution in [3.05, 3.63) is 47.6 Å². The standard InChI is InChI=1S/C26H33NO3/c1-25-13-11-23(29)27(3)22(25)9-8-18-19(25)10-12-26(2)20(18)15-17(24(26)30)14-16-6-4-5-7-21(16)28/h4-7,11,13-14,18-20,22,24,28,30H,8-10,12,15H2,1-3H3/b17-14+/t18-,19+,20+,22-,24+,25-,26+/m1/s1. The van der Waals surface area contributed by atoms with E-state index in [1.165, 1.54) is 0 Å². The highest BCUT2D eigenvalue weighted by atomic mass is 16.3. The van der Waals surface area contributed by atoms with Crippen LogP contribution < -0.4 is 0 Å². The van der Waals surface area contributed by atoms with Gasteiger partial charge in [-0.2, -0.15) is 0 Å². The fraction of sp³-hybridized carbons (Fsp3) is 0.577. The van der Waals surface area contributed by atoms with Crippen LogP contribution in [0.4, 0.5) is 0 Å². The van der Waals surface area contributed by atoms with Gasteiger partial charge in [0.1, 0.15) is 5.75 Å². The smallest absolute Gasteiger partial charge is 0.246 e. The van der Waals surface area contributed by atoms with Crippen LogP contribution in [0, 0.1) is 28.6 Å². The number of para-hydroxylation sites is 1. The van der Waals surface area contributed by atoms with E-state index in [2.05, 4.69) is 19.9 Å². The van der Waals surface area contributed by atoms with Crippen LogP contribution in [0.15, 0.2) is 42.0 Å². The van der Waals surface area contributed by atoms with Gasteiger partial charge in [-0.3, -0.25) is 4.79 Å². The zero-order valence-corrected chi connectivity index (χ0v) is 18.2. The van der Waals surface area contributed by atoms with Gasteiger partial charge in [0.25, 0.3) is 0 Å². The number of benzene rings is 1. The molecule has 2 N–H and O–H groups in total. The average molecular weight is 408 g/mol. The maximum atomic E-state index is 12.3. The van der Waals surface area contributed by atoms with Crippen molar-refractivity contribution in [2.75, 3.05) is 7.05 Å². The third kappa shape index (κ3) is 2.65. The lowest BCUT2D eigenvalue weighted by molar-refractivity contribution is -0.140. The third-order valence-corrected chi connectivity index (χ3v) is 9.27. The molecule has 0 radical (unpaired) electrons. The zero-order chi connectivity index (χ0) is 21.3. The Morgan fingerprint density at radius 1 is 1.13 bits per heavy atom. The Kier molecular flexibility index (Phi) is 4.45. The van der Waals surface area contributed by atoms with Crippen molar-refractivity contribution in [1.29, 1.82) is 0 Å². The van der Waals surface area contributed by atoms with Crippen LogP contribution in [0.25, 0.3) is 6.08 Å². The summed E-state index contributed by atoms with van der Waals surface area (Å²) in [5, 5.41) is 21.6. The second kappa shape index (κ2) is 6.71. The Morgan fingerprint density at radius 2 is 1.90 bits per heavy atom. The highest BCUT2D eigenvalue weighted by Gasteiger charge is 2.61. The van der Waals surface area contributed by atoms with Crippen LogP contribution in [0.1, 0.15) is 51.5 Å². The molecule has 3 aliphatic carbocycles. The monoisotopic (exact) mass is 407 g/mol. The molecule has 1 aromatic carbocycles. The molecule has 1 amide bonds. The van der Waals surface area contributed by atoms with Crippen molar-refractivity contribution in [2.45, 2.75) is 58.1 Å². The van der Waals surface area contributed by atoms with Gasteiger partial charge in [-0.1, -0.05) is 38.1 Å². The maximum absolute atomic E-state index is 12.3. The molecule has 7 atom stereocenters. The molecule has 0 spiro atoms. The predicted molar refractivity (Wildman–Crippen MR) is 118 cm³/mol. The van der Waals surface area contributed by atoms with Gasteiger partial charge in [0, 0.05) is 29.5 Å². The number of phenolic OH excluding ortho intramolecular Hbond substituents is 1. The molecule has 1 aromatic rings. The fourth-order valence-electron chi connectivity index (χ4n) is 7.55. The van der Waals surface area contributed by atoms with E-state index in [1.54, 1.807) is 12.1 Å². The van der Waals surface area contributed by atoms with Crippen molar-refractivity contribution in [3.63, 3.8) is 0 Å². The molecule has 0 aromatic heterocycles. The Hall–Kier alpha value is -2.07. The molecule has 3 saturated carbocycles. The van der Waals surface area contributed by atoms with Crippen molar-refractivity contribution < 1.29 is 15.0 Å². The summed E-state index contributed by atoms with van der Waals surface area (Å²) in [6, 6.07) is 7.64. The summed E-state index contributed by atoms with van der Waals surface area (Å²) >= 11 is 0. The van der Waals surface area contributed by atoms with Crippen LogP contribution in [0.5, 0.6) is 5.75 Å². The molecule has 4 heteroatoms. The van der Waals surface area contributed by atoms with Gasteiger partial charge in [-0.05, 0) is 73.6 Å². The first kappa shape index (κ1) is 19.9. The predicted octanol–water partition coefficient (Wildman–Crippen LogP) is 4.39. The number of aromatic hydroxyl groups is 1. The molecule has 1 heterocycles. The molecule has 30 heavy (non-hydrogen) atoms. The van der Waals surface area contributed by atoms with E-state index < -0.39 is 6.10 Å². The van der Waals surface area contributed by atoms with E-state index in [1.807, 2.05) is 36.2 Å². The van der Waals surface area contributed by atoms with Gasteiger partial charge in [-0.15, -0.1) is 0 Å². The normalized spacial score (nSPS) is 44.0. The number of hydrogen-bond acceptors (Lipinski definition) is 3. The van der Waals surface area contributed by atoms with Gasteiger partial charge in [0.2, 0.25) is 5.91 Å². The summed E-state index contributed by atoms with van der Waals surface area (Å²) < 4.78 is 0. The molecule has 160 valence electrons. The summed E-state index contributed by atoms with van der Waals surface area (Å²) in [5.41, 5.74) is 1.75. The van der Waals surface area contributed by atoms with E-state index in [0.717, 1.165) is 43.2 Å². The number of amides is 1. The Labute approximate surface area is 179 Å². The molecular formula is C26H33NO3. The number of rotatable bonds is 1. The second-order valence-corrected chi connectivity index (χ2v) is 10.5. The van der Waals surface area contributed by atoms with Crippen LogP contribution in [0.2, 0.25) is 0 Å².